The molecule has 3 aliphatic heterocycles. The Labute approximate surface area is 231 Å². The Morgan fingerprint density at radius 1 is 1.22 bits per heavy atom. The molecule has 0 aromatic heterocycles. The minimum Gasteiger partial charge on any atom is -0.340 e. The number of amides is 3. The standard InChI is InChI=1S/C25H34Cl2N6O3S/c1-24(2)19(27)17(23(36)32(24)4)21(34)30-14-6-5-7-15(18(14)26)37-16-12-29-20(22(35)31-16)33-10-8-25(3,13-28)9-11-33/h5-7,16,20,29H,8-13,28H2,1-4H3,(H,30,34)(H,31,35). The van der Waals surface area contributed by atoms with Crippen molar-refractivity contribution in [1.29, 1.82) is 0 Å². The summed E-state index contributed by atoms with van der Waals surface area (Å²) in [5.74, 6) is -1.13. The number of piperidine rings is 1. The number of anilines is 1. The molecule has 4 rings (SSSR count). The number of piperazine rings is 1. The summed E-state index contributed by atoms with van der Waals surface area (Å²) in [4.78, 5) is 42.8. The van der Waals surface area contributed by atoms with Crippen molar-refractivity contribution in [3.05, 3.63) is 33.8 Å². The zero-order valence-corrected chi connectivity index (χ0v) is 23.8. The molecule has 0 spiro atoms. The monoisotopic (exact) mass is 568 g/mol. The number of carbonyl (C=O) groups is 3. The highest BCUT2D eigenvalue weighted by Crippen LogP contribution is 2.39. The average Bonchev–Trinajstić information content (AvgIpc) is 3.01. The normalized spacial score (nSPS) is 25.9. The molecule has 0 bridgehead atoms. The maximum Gasteiger partial charge on any atom is 0.262 e. The van der Waals surface area contributed by atoms with Crippen LogP contribution >= 0.6 is 35.0 Å². The van der Waals surface area contributed by atoms with Gasteiger partial charge in [-0.05, 0) is 50.8 Å². The summed E-state index contributed by atoms with van der Waals surface area (Å²) in [7, 11) is 1.61. The van der Waals surface area contributed by atoms with Crippen LogP contribution in [-0.2, 0) is 14.4 Å². The molecule has 3 heterocycles. The summed E-state index contributed by atoms with van der Waals surface area (Å²) in [6.07, 6.45) is 1.55. The van der Waals surface area contributed by atoms with E-state index < -0.39 is 17.4 Å². The van der Waals surface area contributed by atoms with E-state index in [1.54, 1.807) is 33.0 Å². The summed E-state index contributed by atoms with van der Waals surface area (Å²) < 4.78 is 0. The van der Waals surface area contributed by atoms with Crippen molar-refractivity contribution in [2.45, 2.75) is 55.6 Å². The number of rotatable bonds is 6. The number of likely N-dealkylation sites (N-methyl/N-ethyl adjacent to an activating group) is 1. The third-order valence-corrected chi connectivity index (χ3v) is 10.1. The molecule has 3 aliphatic rings. The van der Waals surface area contributed by atoms with Gasteiger partial charge in [-0.2, -0.15) is 0 Å². The van der Waals surface area contributed by atoms with E-state index in [0.29, 0.717) is 28.7 Å². The molecule has 9 nitrogen and oxygen atoms in total. The van der Waals surface area contributed by atoms with Gasteiger partial charge in [0.1, 0.15) is 11.7 Å². The molecule has 1 aromatic rings. The van der Waals surface area contributed by atoms with Gasteiger partial charge < -0.3 is 21.3 Å². The Bertz CT molecular complexity index is 1140. The van der Waals surface area contributed by atoms with Crippen LogP contribution in [0.5, 0.6) is 0 Å². The number of likely N-dealkylation sites (tertiary alicyclic amines) is 1. The van der Waals surface area contributed by atoms with Crippen molar-refractivity contribution < 1.29 is 14.4 Å². The fraction of sp³-hybridized carbons (Fsp3) is 0.560. The minimum absolute atomic E-state index is 0.0752. The Morgan fingerprint density at radius 2 is 1.89 bits per heavy atom. The highest BCUT2D eigenvalue weighted by Gasteiger charge is 2.45. The van der Waals surface area contributed by atoms with E-state index in [9.17, 15) is 14.4 Å². The lowest BCUT2D eigenvalue weighted by Crippen LogP contribution is -2.65. The first-order chi connectivity index (χ1) is 17.4. The topological polar surface area (TPSA) is 120 Å². The van der Waals surface area contributed by atoms with E-state index in [-0.39, 0.29) is 33.5 Å². The van der Waals surface area contributed by atoms with E-state index in [0.717, 1.165) is 25.9 Å². The van der Waals surface area contributed by atoms with Crippen molar-refractivity contribution in [1.82, 2.24) is 20.4 Å². The fourth-order valence-electron chi connectivity index (χ4n) is 4.69. The number of carbonyl (C=O) groups excluding carboxylic acids is 3. The SMILES string of the molecule is CN1C(=O)C(C(=O)Nc2cccc(SC3CNC(N4CCC(C)(CN)CC4)C(=O)N3)c2Cl)=C(Cl)C1(C)C. The average molecular weight is 570 g/mol. The molecule has 2 saturated heterocycles. The first-order valence-electron chi connectivity index (χ1n) is 12.3. The highest BCUT2D eigenvalue weighted by atomic mass is 35.5. The van der Waals surface area contributed by atoms with Gasteiger partial charge in [0.25, 0.3) is 17.7 Å². The quantitative estimate of drug-likeness (QED) is 0.389. The lowest BCUT2D eigenvalue weighted by atomic mass is 9.80. The largest absolute Gasteiger partial charge is 0.340 e. The molecular weight excluding hydrogens is 535 g/mol. The first kappa shape index (κ1) is 28.2. The molecule has 202 valence electrons. The van der Waals surface area contributed by atoms with Gasteiger partial charge >= 0.3 is 0 Å². The van der Waals surface area contributed by atoms with Crippen LogP contribution in [0.25, 0.3) is 0 Å². The van der Waals surface area contributed by atoms with E-state index >= 15 is 0 Å². The Balaban J connectivity index is 1.39. The van der Waals surface area contributed by atoms with E-state index in [1.807, 2.05) is 6.07 Å². The summed E-state index contributed by atoms with van der Waals surface area (Å²) in [6, 6.07) is 5.24. The fourth-order valence-corrected chi connectivity index (χ4v) is 6.33. The van der Waals surface area contributed by atoms with Crippen molar-refractivity contribution in [3.8, 4) is 0 Å². The molecule has 0 radical (unpaired) electrons. The molecule has 0 aliphatic carbocycles. The molecule has 2 atom stereocenters. The van der Waals surface area contributed by atoms with Gasteiger partial charge in [0.15, 0.2) is 0 Å². The second-order valence-corrected chi connectivity index (χ2v) is 12.7. The molecule has 37 heavy (non-hydrogen) atoms. The van der Waals surface area contributed by atoms with Crippen LogP contribution in [0.15, 0.2) is 33.7 Å². The van der Waals surface area contributed by atoms with Gasteiger partial charge in [-0.1, -0.05) is 48.0 Å². The number of hydrogen-bond donors (Lipinski definition) is 4. The third kappa shape index (κ3) is 5.51. The summed E-state index contributed by atoms with van der Waals surface area (Å²) in [6.45, 7) is 8.59. The Kier molecular flexibility index (Phi) is 8.19. The molecule has 2 fully saturated rings. The third-order valence-electron chi connectivity index (χ3n) is 7.73. The summed E-state index contributed by atoms with van der Waals surface area (Å²) >= 11 is 14.4. The molecular formula is C25H34Cl2N6O3S. The maximum atomic E-state index is 13.0. The lowest BCUT2D eigenvalue weighted by Gasteiger charge is -2.43. The lowest BCUT2D eigenvalue weighted by molar-refractivity contribution is -0.131. The van der Waals surface area contributed by atoms with Gasteiger partial charge in [0, 0.05) is 31.6 Å². The second kappa shape index (κ2) is 10.7. The molecule has 5 N–H and O–H groups in total. The Morgan fingerprint density at radius 3 is 2.46 bits per heavy atom. The molecule has 3 amide bonds. The van der Waals surface area contributed by atoms with Crippen LogP contribution < -0.4 is 21.7 Å². The predicted octanol–water partition coefficient (Wildman–Crippen LogP) is 2.55. The number of benzene rings is 1. The van der Waals surface area contributed by atoms with Gasteiger partial charge in [-0.15, -0.1) is 0 Å². The van der Waals surface area contributed by atoms with Gasteiger partial charge in [0.05, 0.1) is 26.7 Å². The number of nitrogens with one attached hydrogen (secondary N) is 3. The highest BCUT2D eigenvalue weighted by molar-refractivity contribution is 8.00. The van der Waals surface area contributed by atoms with Crippen LogP contribution in [0.4, 0.5) is 5.69 Å². The zero-order valence-electron chi connectivity index (χ0n) is 21.5. The molecule has 2 unspecified atom stereocenters. The predicted molar refractivity (Wildman–Crippen MR) is 147 cm³/mol. The van der Waals surface area contributed by atoms with E-state index in [1.165, 1.54) is 16.7 Å². The van der Waals surface area contributed by atoms with Crippen molar-refractivity contribution in [2.24, 2.45) is 11.1 Å². The molecule has 0 saturated carbocycles. The van der Waals surface area contributed by atoms with E-state index in [2.05, 4.69) is 27.8 Å². The van der Waals surface area contributed by atoms with Gasteiger partial charge in [0.2, 0.25) is 0 Å². The van der Waals surface area contributed by atoms with Crippen LogP contribution in [-0.4, -0.2) is 77.8 Å². The van der Waals surface area contributed by atoms with Crippen molar-refractivity contribution in [3.63, 3.8) is 0 Å². The van der Waals surface area contributed by atoms with E-state index in [4.69, 9.17) is 28.9 Å². The number of nitrogens with zero attached hydrogens (tertiary/aromatic N) is 2. The van der Waals surface area contributed by atoms with Crippen LogP contribution in [0.1, 0.15) is 33.6 Å². The van der Waals surface area contributed by atoms with Crippen LogP contribution in [0.2, 0.25) is 5.02 Å². The number of thioether (sulfide) groups is 1. The minimum atomic E-state index is -0.769. The first-order valence-corrected chi connectivity index (χ1v) is 13.9. The van der Waals surface area contributed by atoms with Gasteiger partial charge in [-0.3, -0.25) is 24.6 Å². The summed E-state index contributed by atoms with van der Waals surface area (Å²) in [5.41, 5.74) is 5.55. The Hall–Kier alpha value is -1.82. The van der Waals surface area contributed by atoms with Gasteiger partial charge in [-0.25, -0.2) is 0 Å². The number of nitrogens with two attached hydrogens (primary N) is 1. The van der Waals surface area contributed by atoms with Crippen LogP contribution in [0, 0.1) is 5.41 Å². The van der Waals surface area contributed by atoms with Crippen LogP contribution in [0.3, 0.4) is 0 Å². The second-order valence-electron chi connectivity index (χ2n) is 10.7. The van der Waals surface area contributed by atoms with Crippen molar-refractivity contribution in [2.75, 3.05) is 38.5 Å². The molecule has 1 aromatic carbocycles. The summed E-state index contributed by atoms with van der Waals surface area (Å²) in [5, 5.41) is 9.44. The van der Waals surface area contributed by atoms with Crippen molar-refractivity contribution >= 4 is 58.4 Å². The maximum absolute atomic E-state index is 13.0. The zero-order chi connectivity index (χ0) is 27.1. The molecule has 12 heteroatoms. The number of halogens is 2. The smallest absolute Gasteiger partial charge is 0.262 e. The number of hydrogen-bond acceptors (Lipinski definition) is 7.